The molecule has 0 aromatic heterocycles. The van der Waals surface area contributed by atoms with Crippen molar-refractivity contribution in [3.8, 4) is 0 Å². The minimum atomic E-state index is 0.180. The molecule has 0 fully saturated rings. The van der Waals surface area contributed by atoms with E-state index < -0.39 is 0 Å². The van der Waals surface area contributed by atoms with E-state index >= 15 is 0 Å². The van der Waals surface area contributed by atoms with Crippen molar-refractivity contribution in [1.29, 1.82) is 0 Å². The van der Waals surface area contributed by atoms with Gasteiger partial charge in [-0.2, -0.15) is 0 Å². The van der Waals surface area contributed by atoms with Crippen molar-refractivity contribution in [2.45, 2.75) is 71.1 Å². The highest BCUT2D eigenvalue weighted by molar-refractivity contribution is 5.32. The molecule has 0 amide bonds. The fourth-order valence-electron chi connectivity index (χ4n) is 3.02. The maximum absolute atomic E-state index is 6.14. The van der Waals surface area contributed by atoms with Gasteiger partial charge in [0.15, 0.2) is 0 Å². The van der Waals surface area contributed by atoms with Crippen LogP contribution in [0, 0.1) is 0 Å². The zero-order valence-electron chi connectivity index (χ0n) is 13.4. The van der Waals surface area contributed by atoms with Crippen molar-refractivity contribution in [2.75, 3.05) is 6.54 Å². The molecule has 1 nitrogen and oxygen atoms in total. The Morgan fingerprint density at radius 1 is 0.842 bits per heavy atom. The zero-order valence-corrected chi connectivity index (χ0v) is 13.4. The first-order valence-corrected chi connectivity index (χ1v) is 7.70. The molecule has 1 aromatic carbocycles. The van der Waals surface area contributed by atoms with E-state index in [1.54, 1.807) is 0 Å². The summed E-state index contributed by atoms with van der Waals surface area (Å²) in [6.07, 6.45) is 4.76. The molecule has 0 bridgehead atoms. The number of hydrogen-bond acceptors (Lipinski definition) is 1. The standard InChI is InChI=1S/C18H31N/c1-6-12-18(14-19,13-7-2)16-10-8-15(9-11-16)17(3,4)5/h8-11H,6-7,12-14,19H2,1-5H3. The number of hydrogen-bond donors (Lipinski definition) is 1. The molecule has 1 aromatic rings. The average molecular weight is 261 g/mol. The van der Waals surface area contributed by atoms with Crippen LogP contribution >= 0.6 is 0 Å². The highest BCUT2D eigenvalue weighted by Crippen LogP contribution is 2.34. The van der Waals surface area contributed by atoms with Gasteiger partial charge in [-0.3, -0.25) is 0 Å². The Hall–Kier alpha value is -0.820. The first-order valence-electron chi connectivity index (χ1n) is 7.70. The van der Waals surface area contributed by atoms with E-state index in [0.717, 1.165) is 6.54 Å². The van der Waals surface area contributed by atoms with Gasteiger partial charge >= 0.3 is 0 Å². The van der Waals surface area contributed by atoms with Crippen LogP contribution in [0.15, 0.2) is 24.3 Å². The molecule has 1 rings (SSSR count). The fraction of sp³-hybridized carbons (Fsp3) is 0.667. The van der Waals surface area contributed by atoms with Crippen LogP contribution in [-0.4, -0.2) is 6.54 Å². The maximum atomic E-state index is 6.14. The fourth-order valence-corrected chi connectivity index (χ4v) is 3.02. The van der Waals surface area contributed by atoms with Crippen molar-refractivity contribution in [2.24, 2.45) is 5.73 Å². The highest BCUT2D eigenvalue weighted by atomic mass is 14.6. The minimum Gasteiger partial charge on any atom is -0.330 e. The first kappa shape index (κ1) is 16.2. The molecule has 0 aliphatic carbocycles. The molecule has 0 atom stereocenters. The van der Waals surface area contributed by atoms with Crippen LogP contribution in [0.1, 0.15) is 71.4 Å². The van der Waals surface area contributed by atoms with E-state index in [2.05, 4.69) is 58.9 Å². The van der Waals surface area contributed by atoms with E-state index in [9.17, 15) is 0 Å². The Kier molecular flexibility index (Phi) is 5.61. The normalized spacial score (nSPS) is 12.7. The van der Waals surface area contributed by atoms with E-state index in [4.69, 9.17) is 5.73 Å². The smallest absolute Gasteiger partial charge is 0.00753 e. The third-order valence-electron chi connectivity index (χ3n) is 4.21. The Morgan fingerprint density at radius 3 is 1.58 bits per heavy atom. The molecule has 0 radical (unpaired) electrons. The van der Waals surface area contributed by atoms with Gasteiger partial charge in [-0.05, 0) is 29.4 Å². The summed E-state index contributed by atoms with van der Waals surface area (Å²) in [7, 11) is 0. The zero-order chi connectivity index (χ0) is 14.5. The largest absolute Gasteiger partial charge is 0.330 e. The first-order chi connectivity index (χ1) is 8.89. The van der Waals surface area contributed by atoms with Crippen molar-refractivity contribution in [3.05, 3.63) is 35.4 Å². The summed E-state index contributed by atoms with van der Waals surface area (Å²) in [5.74, 6) is 0. The van der Waals surface area contributed by atoms with E-state index in [1.807, 2.05) is 0 Å². The summed E-state index contributed by atoms with van der Waals surface area (Å²) in [6.45, 7) is 12.0. The van der Waals surface area contributed by atoms with Crippen LogP contribution in [0.3, 0.4) is 0 Å². The third-order valence-corrected chi connectivity index (χ3v) is 4.21. The van der Waals surface area contributed by atoms with Crippen LogP contribution in [0.5, 0.6) is 0 Å². The van der Waals surface area contributed by atoms with Crippen molar-refractivity contribution in [3.63, 3.8) is 0 Å². The summed E-state index contributed by atoms with van der Waals surface area (Å²) in [5, 5.41) is 0. The van der Waals surface area contributed by atoms with Gasteiger partial charge in [-0.15, -0.1) is 0 Å². The van der Waals surface area contributed by atoms with Crippen LogP contribution in [0.4, 0.5) is 0 Å². The number of benzene rings is 1. The second kappa shape index (κ2) is 6.56. The Labute approximate surface area is 119 Å². The van der Waals surface area contributed by atoms with Gasteiger partial charge in [0, 0.05) is 12.0 Å². The topological polar surface area (TPSA) is 26.0 Å². The molecular formula is C18H31N. The predicted molar refractivity (Wildman–Crippen MR) is 85.7 cm³/mol. The lowest BCUT2D eigenvalue weighted by molar-refractivity contribution is 0.365. The van der Waals surface area contributed by atoms with Crippen LogP contribution in [0.2, 0.25) is 0 Å². The highest BCUT2D eigenvalue weighted by Gasteiger charge is 2.29. The molecule has 0 saturated heterocycles. The Balaban J connectivity index is 3.10. The van der Waals surface area contributed by atoms with E-state index in [1.165, 1.54) is 36.8 Å². The Morgan fingerprint density at radius 2 is 1.26 bits per heavy atom. The van der Waals surface area contributed by atoms with Crippen molar-refractivity contribution < 1.29 is 0 Å². The molecule has 0 saturated carbocycles. The van der Waals surface area contributed by atoms with Crippen molar-refractivity contribution in [1.82, 2.24) is 0 Å². The molecule has 1 heteroatoms. The number of rotatable bonds is 6. The molecular weight excluding hydrogens is 230 g/mol. The van der Waals surface area contributed by atoms with Gasteiger partial charge in [0.2, 0.25) is 0 Å². The third kappa shape index (κ3) is 3.82. The summed E-state index contributed by atoms with van der Waals surface area (Å²) in [4.78, 5) is 0. The molecule has 0 aliphatic heterocycles. The Bertz CT molecular complexity index is 364. The molecule has 108 valence electrons. The molecule has 19 heavy (non-hydrogen) atoms. The SMILES string of the molecule is CCCC(CN)(CCC)c1ccc(C(C)(C)C)cc1. The molecule has 0 spiro atoms. The van der Waals surface area contributed by atoms with Gasteiger partial charge in [-0.25, -0.2) is 0 Å². The summed E-state index contributed by atoms with van der Waals surface area (Å²) in [6, 6.07) is 9.17. The summed E-state index contributed by atoms with van der Waals surface area (Å²) >= 11 is 0. The lowest BCUT2D eigenvalue weighted by Crippen LogP contribution is -2.35. The van der Waals surface area contributed by atoms with Gasteiger partial charge in [0.1, 0.15) is 0 Å². The van der Waals surface area contributed by atoms with Crippen LogP contribution in [0.25, 0.3) is 0 Å². The molecule has 0 unspecified atom stereocenters. The monoisotopic (exact) mass is 261 g/mol. The average Bonchev–Trinajstić information content (AvgIpc) is 2.37. The quantitative estimate of drug-likeness (QED) is 0.783. The number of nitrogens with two attached hydrogens (primary N) is 1. The predicted octanol–water partition coefficient (Wildman–Crippen LogP) is 4.78. The van der Waals surface area contributed by atoms with Crippen molar-refractivity contribution >= 4 is 0 Å². The van der Waals surface area contributed by atoms with Gasteiger partial charge < -0.3 is 5.73 Å². The van der Waals surface area contributed by atoms with E-state index in [0.29, 0.717) is 0 Å². The second-order valence-corrected chi connectivity index (χ2v) is 6.81. The molecule has 2 N–H and O–H groups in total. The maximum Gasteiger partial charge on any atom is 0.00753 e. The van der Waals surface area contributed by atoms with Gasteiger partial charge in [0.05, 0.1) is 0 Å². The van der Waals surface area contributed by atoms with E-state index in [-0.39, 0.29) is 10.8 Å². The lowest BCUT2D eigenvalue weighted by atomic mass is 9.72. The second-order valence-electron chi connectivity index (χ2n) is 6.81. The van der Waals surface area contributed by atoms with Gasteiger partial charge in [-0.1, -0.05) is 71.7 Å². The lowest BCUT2D eigenvalue weighted by Gasteiger charge is -2.33. The molecule has 0 aliphatic rings. The van der Waals surface area contributed by atoms with Crippen LogP contribution in [-0.2, 0) is 10.8 Å². The van der Waals surface area contributed by atoms with Gasteiger partial charge in [0.25, 0.3) is 0 Å². The van der Waals surface area contributed by atoms with Crippen LogP contribution < -0.4 is 5.73 Å². The minimum absolute atomic E-state index is 0.180. The molecule has 0 heterocycles. The summed E-state index contributed by atoms with van der Waals surface area (Å²) < 4.78 is 0. The summed E-state index contributed by atoms with van der Waals surface area (Å²) in [5.41, 5.74) is 9.36.